The summed E-state index contributed by atoms with van der Waals surface area (Å²) in [5, 5.41) is 11.4. The average molecular weight is 118 g/mol. The van der Waals surface area contributed by atoms with Crippen molar-refractivity contribution >= 4 is 0 Å². The van der Waals surface area contributed by atoms with Gasteiger partial charge in [0.25, 0.3) is 0 Å². The summed E-state index contributed by atoms with van der Waals surface area (Å²) in [5.74, 6) is 0. The highest BCUT2D eigenvalue weighted by atomic mass is 16.3. The lowest BCUT2D eigenvalue weighted by molar-refractivity contribution is 0.207. The van der Waals surface area contributed by atoms with Gasteiger partial charge in [-0.1, -0.05) is 0 Å². The van der Waals surface area contributed by atoms with E-state index < -0.39 is 5.54 Å². The number of nitrogens with two attached hydrogens (primary N) is 1. The Hall–Kier alpha value is -0.120. The van der Waals surface area contributed by atoms with Crippen LogP contribution in [0, 0.1) is 0 Å². The Balaban J connectivity index is 3.37. The van der Waals surface area contributed by atoms with Crippen molar-refractivity contribution in [2.24, 2.45) is 5.73 Å². The van der Waals surface area contributed by atoms with Crippen molar-refractivity contribution in [2.75, 3.05) is 20.2 Å². The molecule has 0 radical (unpaired) electrons. The summed E-state index contributed by atoms with van der Waals surface area (Å²) in [7, 11) is 1.81. The smallest absolute Gasteiger partial charge is 0.0620 e. The van der Waals surface area contributed by atoms with Crippen LogP contribution in [0.5, 0.6) is 0 Å². The van der Waals surface area contributed by atoms with Crippen LogP contribution in [-0.2, 0) is 0 Å². The highest BCUT2D eigenvalue weighted by Gasteiger charge is 2.14. The van der Waals surface area contributed by atoms with Crippen LogP contribution in [0.15, 0.2) is 0 Å². The second-order valence-corrected chi connectivity index (χ2v) is 2.34. The molecular formula is C5H14N2O. The van der Waals surface area contributed by atoms with Gasteiger partial charge < -0.3 is 16.2 Å². The van der Waals surface area contributed by atoms with Crippen molar-refractivity contribution in [1.29, 1.82) is 0 Å². The maximum atomic E-state index is 8.56. The van der Waals surface area contributed by atoms with Gasteiger partial charge in [-0.2, -0.15) is 0 Å². The molecule has 1 atom stereocenters. The molecule has 0 aromatic heterocycles. The Morgan fingerprint density at radius 2 is 2.25 bits per heavy atom. The third kappa shape index (κ3) is 2.96. The fourth-order valence-electron chi connectivity index (χ4n) is 0.460. The van der Waals surface area contributed by atoms with Gasteiger partial charge in [-0.15, -0.1) is 0 Å². The molecule has 0 bridgehead atoms. The minimum absolute atomic E-state index is 0.0217. The zero-order valence-electron chi connectivity index (χ0n) is 5.44. The third-order valence-electron chi connectivity index (χ3n) is 0.942. The molecule has 0 aliphatic rings. The monoisotopic (exact) mass is 118 g/mol. The summed E-state index contributed by atoms with van der Waals surface area (Å²) < 4.78 is 0. The number of rotatable bonds is 3. The maximum Gasteiger partial charge on any atom is 0.0620 e. The van der Waals surface area contributed by atoms with Crippen LogP contribution in [0.4, 0.5) is 0 Å². The highest BCUT2D eigenvalue weighted by Crippen LogP contribution is 1.91. The molecule has 0 aliphatic carbocycles. The first-order chi connectivity index (χ1) is 3.62. The minimum atomic E-state index is -0.464. The normalized spacial score (nSPS) is 18.0. The van der Waals surface area contributed by atoms with Crippen molar-refractivity contribution < 1.29 is 5.11 Å². The molecule has 0 saturated carbocycles. The summed E-state index contributed by atoms with van der Waals surface area (Å²) in [5.41, 5.74) is 5.05. The summed E-state index contributed by atoms with van der Waals surface area (Å²) in [6.07, 6.45) is 0. The van der Waals surface area contributed by atoms with Crippen LogP contribution in [0.2, 0.25) is 0 Å². The van der Waals surface area contributed by atoms with Crippen LogP contribution in [0.1, 0.15) is 6.92 Å². The zero-order chi connectivity index (χ0) is 6.62. The quantitative estimate of drug-likeness (QED) is 0.441. The molecule has 8 heavy (non-hydrogen) atoms. The fourth-order valence-corrected chi connectivity index (χ4v) is 0.460. The lowest BCUT2D eigenvalue weighted by Gasteiger charge is -2.20. The van der Waals surface area contributed by atoms with Gasteiger partial charge in [0.15, 0.2) is 0 Å². The topological polar surface area (TPSA) is 58.3 Å². The van der Waals surface area contributed by atoms with Gasteiger partial charge in [-0.05, 0) is 14.0 Å². The SMILES string of the molecule is CNC[C@@](C)(N)CO. The standard InChI is InChI=1S/C5H14N2O/c1-5(6,4-8)3-7-2/h7-8H,3-4,6H2,1-2H3/t5-/m1/s1. The first-order valence-electron chi connectivity index (χ1n) is 2.67. The van der Waals surface area contributed by atoms with Crippen molar-refractivity contribution in [2.45, 2.75) is 12.5 Å². The number of likely N-dealkylation sites (N-methyl/N-ethyl adjacent to an activating group) is 1. The van der Waals surface area contributed by atoms with E-state index in [0.717, 1.165) is 0 Å². The van der Waals surface area contributed by atoms with Gasteiger partial charge in [0.05, 0.1) is 6.61 Å². The molecule has 0 amide bonds. The molecule has 0 rings (SSSR count). The predicted molar refractivity (Wildman–Crippen MR) is 33.6 cm³/mol. The van der Waals surface area contributed by atoms with E-state index in [0.29, 0.717) is 6.54 Å². The van der Waals surface area contributed by atoms with Gasteiger partial charge in [-0.25, -0.2) is 0 Å². The van der Waals surface area contributed by atoms with Crippen molar-refractivity contribution in [3.8, 4) is 0 Å². The molecule has 0 fully saturated rings. The molecule has 3 heteroatoms. The predicted octanol–water partition coefficient (Wildman–Crippen LogP) is -1.08. The number of nitrogens with one attached hydrogen (secondary N) is 1. The van der Waals surface area contributed by atoms with Crippen molar-refractivity contribution in [3.05, 3.63) is 0 Å². The van der Waals surface area contributed by atoms with Crippen LogP contribution in [0.3, 0.4) is 0 Å². The molecule has 50 valence electrons. The lowest BCUT2D eigenvalue weighted by atomic mass is 10.1. The van der Waals surface area contributed by atoms with Crippen LogP contribution < -0.4 is 11.1 Å². The highest BCUT2D eigenvalue weighted by molar-refractivity contribution is 4.78. The van der Waals surface area contributed by atoms with Gasteiger partial charge >= 0.3 is 0 Å². The Bertz CT molecular complexity index is 63.4. The van der Waals surface area contributed by atoms with E-state index in [1.54, 1.807) is 14.0 Å². The van der Waals surface area contributed by atoms with Gasteiger partial charge in [-0.3, -0.25) is 0 Å². The van der Waals surface area contributed by atoms with Gasteiger partial charge in [0, 0.05) is 12.1 Å². The molecule has 0 aromatic rings. The number of aliphatic hydroxyl groups is 1. The summed E-state index contributed by atoms with van der Waals surface area (Å²) in [6.45, 7) is 2.46. The molecule has 4 N–H and O–H groups in total. The molecule has 0 unspecified atom stereocenters. The number of hydrogen-bond acceptors (Lipinski definition) is 3. The Labute approximate surface area is 49.9 Å². The molecule has 0 heterocycles. The first-order valence-corrected chi connectivity index (χ1v) is 2.67. The van der Waals surface area contributed by atoms with Crippen molar-refractivity contribution in [1.82, 2.24) is 5.32 Å². The minimum Gasteiger partial charge on any atom is -0.394 e. The molecule has 0 spiro atoms. The van der Waals surface area contributed by atoms with Gasteiger partial charge in [0.2, 0.25) is 0 Å². The lowest BCUT2D eigenvalue weighted by Crippen LogP contribution is -2.48. The van der Waals surface area contributed by atoms with E-state index in [2.05, 4.69) is 5.32 Å². The molecular weight excluding hydrogens is 104 g/mol. The first kappa shape index (κ1) is 7.88. The third-order valence-corrected chi connectivity index (χ3v) is 0.942. The van der Waals surface area contributed by atoms with E-state index >= 15 is 0 Å². The maximum absolute atomic E-state index is 8.56. The summed E-state index contributed by atoms with van der Waals surface area (Å²) >= 11 is 0. The van der Waals surface area contributed by atoms with Gasteiger partial charge in [0.1, 0.15) is 0 Å². The Morgan fingerprint density at radius 3 is 2.38 bits per heavy atom. The molecule has 0 aromatic carbocycles. The molecule has 3 nitrogen and oxygen atoms in total. The van der Waals surface area contributed by atoms with E-state index in [1.165, 1.54) is 0 Å². The van der Waals surface area contributed by atoms with E-state index in [4.69, 9.17) is 10.8 Å². The Kier molecular flexibility index (Phi) is 2.97. The number of aliphatic hydroxyl groups excluding tert-OH is 1. The average Bonchev–Trinajstić information content (AvgIpc) is 1.67. The van der Waals surface area contributed by atoms with Crippen LogP contribution in [-0.4, -0.2) is 30.8 Å². The Morgan fingerprint density at radius 1 is 1.75 bits per heavy atom. The van der Waals surface area contributed by atoms with E-state index in [1.807, 2.05) is 0 Å². The number of hydrogen-bond donors (Lipinski definition) is 3. The largest absolute Gasteiger partial charge is 0.394 e. The second kappa shape index (κ2) is 3.02. The van der Waals surface area contributed by atoms with E-state index in [-0.39, 0.29) is 6.61 Å². The molecule has 0 saturated heterocycles. The molecule has 0 aliphatic heterocycles. The fraction of sp³-hybridized carbons (Fsp3) is 1.00. The van der Waals surface area contributed by atoms with Crippen LogP contribution >= 0.6 is 0 Å². The zero-order valence-corrected chi connectivity index (χ0v) is 5.44. The van der Waals surface area contributed by atoms with Crippen molar-refractivity contribution in [3.63, 3.8) is 0 Å². The second-order valence-electron chi connectivity index (χ2n) is 2.34. The summed E-state index contributed by atoms with van der Waals surface area (Å²) in [6, 6.07) is 0. The summed E-state index contributed by atoms with van der Waals surface area (Å²) in [4.78, 5) is 0. The van der Waals surface area contributed by atoms with E-state index in [9.17, 15) is 0 Å². The van der Waals surface area contributed by atoms with Crippen LogP contribution in [0.25, 0.3) is 0 Å².